The van der Waals surface area contributed by atoms with E-state index in [4.69, 9.17) is 18.9 Å². The first-order chi connectivity index (χ1) is 37.1. The molecule has 0 radical (unpaired) electrons. The smallest absolute Gasteiger partial charge is 0.220 e. The Morgan fingerprint density at radius 2 is 0.882 bits per heavy atom. The Balaban J connectivity index is 1.68. The van der Waals surface area contributed by atoms with Crippen LogP contribution in [0.1, 0.15) is 271 Å². The molecule has 12 unspecified atom stereocenters. The fourth-order valence-corrected chi connectivity index (χ4v) is 10.6. The topological polar surface area (TPSA) is 228 Å². The molecule has 2 saturated heterocycles. The minimum atomic E-state index is -1.78. The molecule has 12 atom stereocenters. The van der Waals surface area contributed by atoms with Gasteiger partial charge in [0.05, 0.1) is 32.0 Å². The van der Waals surface area contributed by atoms with Gasteiger partial charge in [0.1, 0.15) is 48.8 Å². The lowest BCUT2D eigenvalue weighted by atomic mass is 9.97. The normalized spacial score (nSPS) is 25.0. The van der Waals surface area contributed by atoms with Gasteiger partial charge < -0.3 is 65.1 Å². The maximum absolute atomic E-state index is 13.2. The summed E-state index contributed by atoms with van der Waals surface area (Å²) in [5.74, 6) is -0.218. The van der Waals surface area contributed by atoms with Gasteiger partial charge in [-0.1, -0.05) is 250 Å². The van der Waals surface area contributed by atoms with Crippen molar-refractivity contribution in [2.24, 2.45) is 0 Å². The average molecular weight is 1080 g/mol. The van der Waals surface area contributed by atoms with Gasteiger partial charge in [-0.25, -0.2) is 0 Å². The molecule has 9 N–H and O–H groups in total. The van der Waals surface area contributed by atoms with E-state index in [9.17, 15) is 45.6 Å². The lowest BCUT2D eigenvalue weighted by molar-refractivity contribution is -0.359. The Labute approximate surface area is 462 Å². The molecule has 14 nitrogen and oxygen atoms in total. The molecule has 0 aromatic rings. The molecule has 2 aliphatic rings. The number of hydrogen-bond donors (Lipinski definition) is 9. The lowest BCUT2D eigenvalue weighted by Crippen LogP contribution is -2.65. The number of carbonyl (C=O) groups excluding carboxylic acids is 1. The third-order valence-electron chi connectivity index (χ3n) is 15.7. The van der Waals surface area contributed by atoms with Crippen LogP contribution in [0.5, 0.6) is 0 Å². The summed E-state index contributed by atoms with van der Waals surface area (Å²) in [4.78, 5) is 13.2. The number of rotatable bonds is 51. The van der Waals surface area contributed by atoms with Crippen LogP contribution in [0.15, 0.2) is 24.3 Å². The van der Waals surface area contributed by atoms with Crippen molar-refractivity contribution in [1.29, 1.82) is 0 Å². The second-order valence-electron chi connectivity index (χ2n) is 22.5. The summed E-state index contributed by atoms with van der Waals surface area (Å²) < 4.78 is 22.8. The van der Waals surface area contributed by atoms with Crippen LogP contribution >= 0.6 is 0 Å². The van der Waals surface area contributed by atoms with Gasteiger partial charge in [0, 0.05) is 6.42 Å². The number of nitrogens with one attached hydrogen (secondary N) is 1. The standard InChI is InChI=1S/C62H117NO13/c1-3-5-7-9-11-13-15-17-19-20-21-22-23-24-25-26-27-28-29-30-31-32-33-35-37-39-41-43-45-51(66)50(63-54(67)46-44-42-40-38-36-34-18-16-14-12-10-8-6-4-2)49-73-61-59(72)57(70)60(53(48-65)75-61)76-62-58(71)56(69)55(68)52(47-64)74-62/h10,12,16,18,50-53,55-62,64-66,68-72H,3-9,11,13-15,17,19-49H2,1-2H3,(H,63,67)/b12-10-,18-16-. The lowest BCUT2D eigenvalue weighted by Gasteiger charge is -2.46. The van der Waals surface area contributed by atoms with Crippen molar-refractivity contribution in [3.63, 3.8) is 0 Å². The van der Waals surface area contributed by atoms with Crippen LogP contribution in [-0.4, -0.2) is 140 Å². The Hall–Kier alpha value is -1.53. The minimum absolute atomic E-state index is 0.218. The van der Waals surface area contributed by atoms with E-state index in [1.165, 1.54) is 167 Å². The molecule has 76 heavy (non-hydrogen) atoms. The Kier molecular flexibility index (Phi) is 44.8. The van der Waals surface area contributed by atoms with Gasteiger partial charge in [-0.15, -0.1) is 0 Å². The summed E-state index contributed by atoms with van der Waals surface area (Å²) in [5.41, 5.74) is 0. The van der Waals surface area contributed by atoms with Gasteiger partial charge in [0.25, 0.3) is 0 Å². The molecule has 0 aliphatic carbocycles. The largest absolute Gasteiger partial charge is 0.394 e. The zero-order valence-electron chi connectivity index (χ0n) is 48.3. The van der Waals surface area contributed by atoms with Crippen molar-refractivity contribution in [3.8, 4) is 0 Å². The van der Waals surface area contributed by atoms with E-state index < -0.39 is 86.8 Å². The fourth-order valence-electron chi connectivity index (χ4n) is 10.6. The van der Waals surface area contributed by atoms with E-state index in [2.05, 4.69) is 43.5 Å². The number of ether oxygens (including phenoxy) is 4. The molecule has 2 aliphatic heterocycles. The Morgan fingerprint density at radius 3 is 1.36 bits per heavy atom. The highest BCUT2D eigenvalue weighted by atomic mass is 16.7. The summed E-state index contributed by atoms with van der Waals surface area (Å²) in [6.45, 7) is 2.83. The van der Waals surface area contributed by atoms with Crippen molar-refractivity contribution >= 4 is 5.91 Å². The summed E-state index contributed by atoms with van der Waals surface area (Å²) in [6, 6.07) is -0.835. The number of aliphatic hydroxyl groups excluding tert-OH is 8. The molecule has 14 heteroatoms. The Bertz CT molecular complexity index is 1370. The molecular formula is C62H117NO13. The molecule has 0 spiro atoms. The zero-order chi connectivity index (χ0) is 55.3. The first kappa shape index (κ1) is 70.6. The summed E-state index contributed by atoms with van der Waals surface area (Å²) in [5, 5.41) is 87.3. The summed E-state index contributed by atoms with van der Waals surface area (Å²) in [7, 11) is 0. The number of unbranched alkanes of at least 4 members (excludes halogenated alkanes) is 34. The number of amides is 1. The zero-order valence-corrected chi connectivity index (χ0v) is 48.3. The fraction of sp³-hybridized carbons (Fsp3) is 0.919. The number of carbonyl (C=O) groups is 1. The van der Waals surface area contributed by atoms with Crippen LogP contribution in [0.25, 0.3) is 0 Å². The summed E-state index contributed by atoms with van der Waals surface area (Å²) >= 11 is 0. The number of aliphatic hydroxyl groups is 8. The molecule has 0 bridgehead atoms. The highest BCUT2D eigenvalue weighted by molar-refractivity contribution is 5.76. The van der Waals surface area contributed by atoms with E-state index in [1.54, 1.807) is 0 Å². The first-order valence-electron chi connectivity index (χ1n) is 31.6. The second kappa shape index (κ2) is 48.2. The Morgan fingerprint density at radius 1 is 0.474 bits per heavy atom. The predicted molar refractivity (Wildman–Crippen MR) is 305 cm³/mol. The molecule has 2 rings (SSSR count). The molecular weight excluding hydrogens is 967 g/mol. The molecule has 448 valence electrons. The van der Waals surface area contributed by atoms with Gasteiger partial charge in [-0.3, -0.25) is 4.79 Å². The van der Waals surface area contributed by atoms with E-state index in [0.29, 0.717) is 12.8 Å². The maximum Gasteiger partial charge on any atom is 0.220 e. The molecule has 0 saturated carbocycles. The van der Waals surface area contributed by atoms with Crippen molar-refractivity contribution < 1.29 is 64.6 Å². The molecule has 0 aromatic carbocycles. The third-order valence-corrected chi connectivity index (χ3v) is 15.7. The second-order valence-corrected chi connectivity index (χ2v) is 22.5. The van der Waals surface area contributed by atoms with Crippen LogP contribution in [0.4, 0.5) is 0 Å². The monoisotopic (exact) mass is 1080 g/mol. The minimum Gasteiger partial charge on any atom is -0.394 e. The van der Waals surface area contributed by atoms with Crippen LogP contribution in [-0.2, 0) is 23.7 Å². The highest BCUT2D eigenvalue weighted by Crippen LogP contribution is 2.30. The van der Waals surface area contributed by atoms with Crippen LogP contribution < -0.4 is 5.32 Å². The molecule has 0 aromatic heterocycles. The van der Waals surface area contributed by atoms with E-state index >= 15 is 0 Å². The average Bonchev–Trinajstić information content (AvgIpc) is 3.42. The van der Waals surface area contributed by atoms with E-state index in [1.807, 2.05) is 0 Å². The quantitative estimate of drug-likeness (QED) is 0.0204. The summed E-state index contributed by atoms with van der Waals surface area (Å²) in [6.07, 6.45) is 40.5. The molecule has 2 heterocycles. The van der Waals surface area contributed by atoms with Crippen molar-refractivity contribution in [2.75, 3.05) is 19.8 Å². The van der Waals surface area contributed by atoms with Gasteiger partial charge in [-0.2, -0.15) is 0 Å². The van der Waals surface area contributed by atoms with Crippen LogP contribution in [0.2, 0.25) is 0 Å². The van der Waals surface area contributed by atoms with Crippen molar-refractivity contribution in [2.45, 2.75) is 344 Å². The van der Waals surface area contributed by atoms with Crippen LogP contribution in [0.3, 0.4) is 0 Å². The van der Waals surface area contributed by atoms with Gasteiger partial charge in [0.15, 0.2) is 12.6 Å². The van der Waals surface area contributed by atoms with Gasteiger partial charge >= 0.3 is 0 Å². The van der Waals surface area contributed by atoms with Gasteiger partial charge in [-0.05, 0) is 38.5 Å². The number of allylic oxidation sites excluding steroid dienone is 4. The predicted octanol–water partition coefficient (Wildman–Crippen LogP) is 11.2. The van der Waals surface area contributed by atoms with E-state index in [0.717, 1.165) is 70.6 Å². The molecule has 1 amide bonds. The van der Waals surface area contributed by atoms with Gasteiger partial charge in [0.2, 0.25) is 5.91 Å². The number of hydrogen-bond acceptors (Lipinski definition) is 13. The third kappa shape index (κ3) is 33.3. The van der Waals surface area contributed by atoms with Crippen molar-refractivity contribution in [1.82, 2.24) is 5.32 Å². The SMILES string of the molecule is CCCC/C=C\C/C=C\CCCCCCCC(=O)NC(COC1OC(CO)C(OC2OC(CO)C(O)C(O)C2O)C(O)C1O)C(O)CCCCCCCCCCCCCCCCCCCCCCCCCCCCCC. The molecule has 2 fully saturated rings. The van der Waals surface area contributed by atoms with Crippen LogP contribution in [0, 0.1) is 0 Å². The first-order valence-corrected chi connectivity index (χ1v) is 31.6. The highest BCUT2D eigenvalue weighted by Gasteiger charge is 2.51. The maximum atomic E-state index is 13.2. The van der Waals surface area contributed by atoms with E-state index in [-0.39, 0.29) is 18.9 Å². The van der Waals surface area contributed by atoms with Crippen molar-refractivity contribution in [3.05, 3.63) is 24.3 Å².